The molecule has 1 saturated heterocycles. The van der Waals surface area contributed by atoms with Crippen molar-refractivity contribution in [3.63, 3.8) is 0 Å². The second-order valence-electron chi connectivity index (χ2n) is 5.37. The van der Waals surface area contributed by atoms with E-state index in [9.17, 15) is 9.90 Å². The molecule has 1 N–H and O–H groups in total. The average molecular weight is 233 g/mol. The van der Waals surface area contributed by atoms with E-state index in [-0.39, 0.29) is 11.3 Å². The second kappa shape index (κ2) is 4.49. The van der Waals surface area contributed by atoms with Crippen molar-refractivity contribution in [2.45, 2.75) is 26.4 Å². The number of benzene rings is 1. The molecule has 1 aliphatic heterocycles. The van der Waals surface area contributed by atoms with E-state index in [1.54, 1.807) is 4.90 Å². The minimum absolute atomic E-state index is 0.0140. The number of aliphatic hydroxyl groups excluding tert-OH is 1. The van der Waals surface area contributed by atoms with E-state index < -0.39 is 6.10 Å². The Morgan fingerprint density at radius 3 is 2.59 bits per heavy atom. The third-order valence-corrected chi connectivity index (χ3v) is 3.63. The number of hydrogen-bond donors (Lipinski definition) is 1. The maximum atomic E-state index is 12.2. The highest BCUT2D eigenvalue weighted by atomic mass is 16.3. The number of β-amino-alcohol motifs (C(OH)–C–C–N with tert-alkyl or cyclic N) is 1. The van der Waals surface area contributed by atoms with Gasteiger partial charge in [-0.25, -0.2) is 0 Å². The molecule has 1 amide bonds. The molecule has 0 radical (unpaired) electrons. The van der Waals surface area contributed by atoms with Gasteiger partial charge in [0.05, 0.1) is 6.10 Å². The first-order valence-electron chi connectivity index (χ1n) is 6.03. The molecule has 92 valence electrons. The molecular formula is C14H19NO2. The van der Waals surface area contributed by atoms with Gasteiger partial charge in [-0.3, -0.25) is 4.79 Å². The average Bonchev–Trinajstić information content (AvgIpc) is 2.33. The zero-order valence-electron chi connectivity index (χ0n) is 10.4. The zero-order valence-corrected chi connectivity index (χ0v) is 10.4. The molecule has 1 fully saturated rings. The summed E-state index contributed by atoms with van der Waals surface area (Å²) in [5, 5.41) is 10.0. The molecule has 3 heteroatoms. The number of piperidine rings is 1. The van der Waals surface area contributed by atoms with Crippen LogP contribution in [-0.2, 0) is 0 Å². The van der Waals surface area contributed by atoms with Crippen LogP contribution in [0, 0.1) is 5.41 Å². The summed E-state index contributed by atoms with van der Waals surface area (Å²) in [6.45, 7) is 5.24. The first kappa shape index (κ1) is 12.1. The quantitative estimate of drug-likeness (QED) is 0.805. The number of rotatable bonds is 1. The number of hydrogen-bond acceptors (Lipinski definition) is 2. The van der Waals surface area contributed by atoms with Crippen molar-refractivity contribution in [2.75, 3.05) is 13.1 Å². The molecule has 0 aromatic heterocycles. The fourth-order valence-corrected chi connectivity index (χ4v) is 2.08. The maximum Gasteiger partial charge on any atom is 0.253 e. The molecule has 0 saturated carbocycles. The van der Waals surface area contributed by atoms with Gasteiger partial charge in [0.15, 0.2) is 0 Å². The molecule has 3 nitrogen and oxygen atoms in total. The van der Waals surface area contributed by atoms with Crippen molar-refractivity contribution in [3.8, 4) is 0 Å². The molecule has 0 bridgehead atoms. The zero-order chi connectivity index (χ0) is 12.5. The van der Waals surface area contributed by atoms with Crippen LogP contribution in [0.4, 0.5) is 0 Å². The SMILES string of the molecule is CC1(C)CCN(C(=O)c2ccccc2)CC1O. The third kappa shape index (κ3) is 2.50. The highest BCUT2D eigenvalue weighted by Gasteiger charge is 2.35. The molecule has 1 aromatic rings. The first-order chi connectivity index (χ1) is 8.00. The highest BCUT2D eigenvalue weighted by Crippen LogP contribution is 2.30. The number of amides is 1. The van der Waals surface area contributed by atoms with Gasteiger partial charge in [0.25, 0.3) is 5.91 Å². The van der Waals surface area contributed by atoms with Gasteiger partial charge in [0.2, 0.25) is 0 Å². The Hall–Kier alpha value is -1.35. The van der Waals surface area contributed by atoms with Gasteiger partial charge < -0.3 is 10.0 Å². The molecule has 1 aliphatic rings. The number of carbonyl (C=O) groups is 1. The van der Waals surface area contributed by atoms with Gasteiger partial charge in [0, 0.05) is 18.7 Å². The van der Waals surface area contributed by atoms with E-state index in [0.29, 0.717) is 12.1 Å². The minimum Gasteiger partial charge on any atom is -0.391 e. The Labute approximate surface area is 102 Å². The van der Waals surface area contributed by atoms with E-state index in [2.05, 4.69) is 0 Å². The predicted molar refractivity (Wildman–Crippen MR) is 66.8 cm³/mol. The molecule has 1 aromatic carbocycles. The lowest BCUT2D eigenvalue weighted by Gasteiger charge is -2.41. The van der Waals surface area contributed by atoms with Crippen LogP contribution in [0.5, 0.6) is 0 Å². The third-order valence-electron chi connectivity index (χ3n) is 3.63. The van der Waals surface area contributed by atoms with Crippen molar-refractivity contribution in [1.82, 2.24) is 4.90 Å². The summed E-state index contributed by atoms with van der Waals surface area (Å²) in [4.78, 5) is 13.9. The second-order valence-corrected chi connectivity index (χ2v) is 5.37. The smallest absolute Gasteiger partial charge is 0.253 e. The summed E-state index contributed by atoms with van der Waals surface area (Å²) in [7, 11) is 0. The lowest BCUT2D eigenvalue weighted by molar-refractivity contribution is -0.0190. The standard InChI is InChI=1S/C14H19NO2/c1-14(2)8-9-15(10-12(14)16)13(17)11-6-4-3-5-7-11/h3-7,12,16H,8-10H2,1-2H3. The summed E-state index contributed by atoms with van der Waals surface area (Å²) < 4.78 is 0. The Balaban J connectivity index is 2.08. The summed E-state index contributed by atoms with van der Waals surface area (Å²) in [5.74, 6) is 0.0140. The number of likely N-dealkylation sites (tertiary alicyclic amines) is 1. The predicted octanol–water partition coefficient (Wildman–Crippen LogP) is 1.92. The summed E-state index contributed by atoms with van der Waals surface area (Å²) in [6, 6.07) is 9.24. The summed E-state index contributed by atoms with van der Waals surface area (Å²) in [6.07, 6.45) is 0.399. The van der Waals surface area contributed by atoms with Crippen molar-refractivity contribution in [1.29, 1.82) is 0 Å². The van der Waals surface area contributed by atoms with Crippen molar-refractivity contribution in [2.24, 2.45) is 5.41 Å². The van der Waals surface area contributed by atoms with Crippen LogP contribution in [0.15, 0.2) is 30.3 Å². The van der Waals surface area contributed by atoms with E-state index in [1.807, 2.05) is 44.2 Å². The van der Waals surface area contributed by atoms with Crippen LogP contribution in [0.2, 0.25) is 0 Å². The molecule has 17 heavy (non-hydrogen) atoms. The number of nitrogens with zero attached hydrogens (tertiary/aromatic N) is 1. The van der Waals surface area contributed by atoms with Gasteiger partial charge in [-0.1, -0.05) is 32.0 Å². The van der Waals surface area contributed by atoms with Crippen molar-refractivity contribution >= 4 is 5.91 Å². The summed E-state index contributed by atoms with van der Waals surface area (Å²) >= 11 is 0. The Morgan fingerprint density at radius 1 is 1.35 bits per heavy atom. The molecule has 2 rings (SSSR count). The maximum absolute atomic E-state index is 12.2. The molecule has 0 aliphatic carbocycles. The minimum atomic E-state index is -0.441. The molecule has 1 atom stereocenters. The first-order valence-corrected chi connectivity index (χ1v) is 6.03. The van der Waals surface area contributed by atoms with Crippen molar-refractivity contribution in [3.05, 3.63) is 35.9 Å². The lowest BCUT2D eigenvalue weighted by atomic mass is 9.80. The van der Waals surface area contributed by atoms with Gasteiger partial charge in [-0.2, -0.15) is 0 Å². The van der Waals surface area contributed by atoms with Crippen LogP contribution in [-0.4, -0.2) is 35.1 Å². The highest BCUT2D eigenvalue weighted by molar-refractivity contribution is 5.94. The van der Waals surface area contributed by atoms with Crippen LogP contribution in [0.1, 0.15) is 30.6 Å². The van der Waals surface area contributed by atoms with Gasteiger partial charge >= 0.3 is 0 Å². The van der Waals surface area contributed by atoms with Crippen molar-refractivity contribution < 1.29 is 9.90 Å². The molecular weight excluding hydrogens is 214 g/mol. The fourth-order valence-electron chi connectivity index (χ4n) is 2.08. The van der Waals surface area contributed by atoms with E-state index in [1.165, 1.54) is 0 Å². The molecule has 0 spiro atoms. The number of carbonyl (C=O) groups excluding carboxylic acids is 1. The van der Waals surface area contributed by atoms with E-state index in [0.717, 1.165) is 13.0 Å². The Bertz CT molecular complexity index is 400. The Morgan fingerprint density at radius 2 is 2.00 bits per heavy atom. The van der Waals surface area contributed by atoms with Crippen LogP contribution >= 0.6 is 0 Å². The van der Waals surface area contributed by atoms with Gasteiger partial charge in [-0.15, -0.1) is 0 Å². The topological polar surface area (TPSA) is 40.5 Å². The summed E-state index contributed by atoms with van der Waals surface area (Å²) in [5.41, 5.74) is 0.604. The van der Waals surface area contributed by atoms with Crippen LogP contribution in [0.25, 0.3) is 0 Å². The van der Waals surface area contributed by atoms with Crippen LogP contribution < -0.4 is 0 Å². The number of aliphatic hydroxyl groups is 1. The normalized spacial score (nSPS) is 23.5. The fraction of sp³-hybridized carbons (Fsp3) is 0.500. The monoisotopic (exact) mass is 233 g/mol. The lowest BCUT2D eigenvalue weighted by Crippen LogP contribution is -2.50. The molecule has 1 unspecified atom stereocenters. The van der Waals surface area contributed by atoms with E-state index in [4.69, 9.17) is 0 Å². The largest absolute Gasteiger partial charge is 0.391 e. The Kier molecular flexibility index (Phi) is 3.20. The van der Waals surface area contributed by atoms with Gasteiger partial charge in [-0.05, 0) is 24.0 Å². The van der Waals surface area contributed by atoms with Crippen LogP contribution in [0.3, 0.4) is 0 Å². The van der Waals surface area contributed by atoms with E-state index >= 15 is 0 Å². The van der Waals surface area contributed by atoms with Gasteiger partial charge in [0.1, 0.15) is 0 Å². The molecule has 1 heterocycles.